The molecule has 5 rings (SSSR count). The van der Waals surface area contributed by atoms with Crippen LogP contribution in [0.5, 0.6) is 0 Å². The molecular formula is C31H25N. The summed E-state index contributed by atoms with van der Waals surface area (Å²) in [5.41, 5.74) is 7.11. The molecule has 0 aliphatic rings. The minimum Gasteiger partial charge on any atom is -0.310 e. The molecule has 1 heteroatoms. The van der Waals surface area contributed by atoms with Crippen LogP contribution >= 0.6 is 0 Å². The van der Waals surface area contributed by atoms with E-state index >= 15 is 0 Å². The van der Waals surface area contributed by atoms with Gasteiger partial charge < -0.3 is 4.90 Å². The summed E-state index contributed by atoms with van der Waals surface area (Å²) in [6.07, 6.45) is 4.31. The zero-order valence-electron chi connectivity index (χ0n) is 18.1. The molecule has 0 aliphatic heterocycles. The van der Waals surface area contributed by atoms with Gasteiger partial charge in [0.2, 0.25) is 0 Å². The van der Waals surface area contributed by atoms with Crippen molar-refractivity contribution in [2.45, 2.75) is 6.92 Å². The average Bonchev–Trinajstić information content (AvgIpc) is 2.86. The van der Waals surface area contributed by atoms with Crippen molar-refractivity contribution >= 4 is 40.0 Å². The number of fused-ring (bicyclic) bond motifs is 1. The molecule has 0 amide bonds. The SMILES string of the molecule is Cc1ccc(N(c2ccc(/C=C/c3ccccc3)cc2)c2cccc3ccccc23)cc1. The van der Waals surface area contributed by atoms with Crippen molar-refractivity contribution in [2.24, 2.45) is 0 Å². The highest BCUT2D eigenvalue weighted by atomic mass is 15.1. The van der Waals surface area contributed by atoms with E-state index in [-0.39, 0.29) is 0 Å². The summed E-state index contributed by atoms with van der Waals surface area (Å²) in [7, 11) is 0. The van der Waals surface area contributed by atoms with Crippen molar-refractivity contribution < 1.29 is 0 Å². The van der Waals surface area contributed by atoms with Crippen LogP contribution in [0.2, 0.25) is 0 Å². The summed E-state index contributed by atoms with van der Waals surface area (Å²) in [5.74, 6) is 0. The second-order valence-corrected chi connectivity index (χ2v) is 8.00. The van der Waals surface area contributed by atoms with Gasteiger partial charge in [-0.25, -0.2) is 0 Å². The fourth-order valence-corrected chi connectivity index (χ4v) is 4.02. The Morgan fingerprint density at radius 3 is 1.78 bits per heavy atom. The first-order valence-corrected chi connectivity index (χ1v) is 11.0. The van der Waals surface area contributed by atoms with Crippen LogP contribution in [0.3, 0.4) is 0 Å². The molecule has 1 nitrogen and oxygen atoms in total. The quantitative estimate of drug-likeness (QED) is 0.261. The van der Waals surface area contributed by atoms with Crippen LogP contribution in [0.1, 0.15) is 16.7 Å². The average molecular weight is 412 g/mol. The Labute approximate surface area is 189 Å². The number of nitrogens with zero attached hydrogens (tertiary/aromatic N) is 1. The molecular weight excluding hydrogens is 386 g/mol. The Kier molecular flexibility index (Phi) is 5.55. The van der Waals surface area contributed by atoms with E-state index in [4.69, 9.17) is 0 Å². The molecule has 0 saturated heterocycles. The highest BCUT2D eigenvalue weighted by Crippen LogP contribution is 2.38. The minimum atomic E-state index is 1.14. The van der Waals surface area contributed by atoms with Crippen molar-refractivity contribution in [3.8, 4) is 0 Å². The van der Waals surface area contributed by atoms with Crippen molar-refractivity contribution in [1.82, 2.24) is 0 Å². The van der Waals surface area contributed by atoms with Gasteiger partial charge in [-0.2, -0.15) is 0 Å². The first-order chi connectivity index (χ1) is 15.8. The minimum absolute atomic E-state index is 1.14. The standard InChI is InChI=1S/C31H25N/c1-24-14-20-28(21-15-24)32(31-13-7-11-27-10-5-6-12-30(27)31)29-22-18-26(19-23-29)17-16-25-8-3-2-4-9-25/h2-23H,1H3/b17-16+. The maximum atomic E-state index is 2.34. The molecule has 32 heavy (non-hydrogen) atoms. The highest BCUT2D eigenvalue weighted by molar-refractivity contribution is 5.98. The van der Waals surface area contributed by atoms with E-state index in [2.05, 4.69) is 139 Å². The summed E-state index contributed by atoms with van der Waals surface area (Å²) in [6, 6.07) is 43.0. The second-order valence-electron chi connectivity index (χ2n) is 8.00. The third kappa shape index (κ3) is 4.19. The first kappa shape index (κ1) is 19.8. The molecule has 0 unspecified atom stereocenters. The van der Waals surface area contributed by atoms with Crippen molar-refractivity contribution in [3.05, 3.63) is 138 Å². The number of hydrogen-bond donors (Lipinski definition) is 0. The van der Waals surface area contributed by atoms with E-state index in [0.29, 0.717) is 0 Å². The Morgan fingerprint density at radius 1 is 0.500 bits per heavy atom. The monoisotopic (exact) mass is 411 g/mol. The van der Waals surface area contributed by atoms with E-state index < -0.39 is 0 Å². The Bertz CT molecular complexity index is 1340. The smallest absolute Gasteiger partial charge is 0.0540 e. The molecule has 0 N–H and O–H groups in total. The van der Waals surface area contributed by atoms with E-state index in [9.17, 15) is 0 Å². The van der Waals surface area contributed by atoms with Crippen LogP contribution in [-0.4, -0.2) is 0 Å². The summed E-state index contributed by atoms with van der Waals surface area (Å²) >= 11 is 0. The van der Waals surface area contributed by atoms with Crippen LogP contribution in [0.4, 0.5) is 17.1 Å². The molecule has 5 aromatic rings. The fourth-order valence-electron chi connectivity index (χ4n) is 4.02. The normalized spacial score (nSPS) is 11.2. The van der Waals surface area contributed by atoms with E-state index in [1.807, 2.05) is 6.07 Å². The molecule has 0 heterocycles. The largest absolute Gasteiger partial charge is 0.310 e. The van der Waals surface area contributed by atoms with Gasteiger partial charge in [0.1, 0.15) is 0 Å². The number of aryl methyl sites for hydroxylation is 1. The molecule has 0 radical (unpaired) electrons. The maximum absolute atomic E-state index is 2.34. The van der Waals surface area contributed by atoms with Crippen LogP contribution in [0.15, 0.2) is 121 Å². The summed E-state index contributed by atoms with van der Waals surface area (Å²) in [5, 5.41) is 2.48. The van der Waals surface area contributed by atoms with Crippen LogP contribution in [0, 0.1) is 6.92 Å². The van der Waals surface area contributed by atoms with Gasteiger partial charge in [0, 0.05) is 16.8 Å². The molecule has 0 saturated carbocycles. The number of benzene rings is 5. The molecule has 0 atom stereocenters. The van der Waals surface area contributed by atoms with E-state index in [1.165, 1.54) is 33.2 Å². The van der Waals surface area contributed by atoms with Gasteiger partial charge in [0.15, 0.2) is 0 Å². The molecule has 0 bridgehead atoms. The van der Waals surface area contributed by atoms with E-state index in [0.717, 1.165) is 11.4 Å². The summed E-state index contributed by atoms with van der Waals surface area (Å²) < 4.78 is 0. The Hall–Kier alpha value is -4.10. The van der Waals surface area contributed by atoms with Gasteiger partial charge in [-0.15, -0.1) is 0 Å². The fraction of sp³-hybridized carbons (Fsp3) is 0.0323. The zero-order valence-corrected chi connectivity index (χ0v) is 18.1. The third-order valence-corrected chi connectivity index (χ3v) is 5.72. The van der Waals surface area contributed by atoms with Crippen LogP contribution in [0.25, 0.3) is 22.9 Å². The zero-order chi connectivity index (χ0) is 21.8. The Morgan fingerprint density at radius 2 is 1.06 bits per heavy atom. The summed E-state index contributed by atoms with van der Waals surface area (Å²) in [6.45, 7) is 2.12. The van der Waals surface area contributed by atoms with Crippen LogP contribution in [-0.2, 0) is 0 Å². The first-order valence-electron chi connectivity index (χ1n) is 11.0. The van der Waals surface area contributed by atoms with Gasteiger partial charge in [-0.1, -0.05) is 109 Å². The lowest BCUT2D eigenvalue weighted by atomic mass is 10.1. The van der Waals surface area contributed by atoms with Crippen LogP contribution < -0.4 is 4.90 Å². The van der Waals surface area contributed by atoms with Gasteiger partial charge in [-0.3, -0.25) is 0 Å². The van der Waals surface area contributed by atoms with E-state index in [1.54, 1.807) is 0 Å². The molecule has 0 aliphatic carbocycles. The topological polar surface area (TPSA) is 3.24 Å². The van der Waals surface area contributed by atoms with Gasteiger partial charge in [0.25, 0.3) is 0 Å². The number of anilines is 3. The number of hydrogen-bond acceptors (Lipinski definition) is 1. The molecule has 154 valence electrons. The lowest BCUT2D eigenvalue weighted by Crippen LogP contribution is -2.10. The highest BCUT2D eigenvalue weighted by Gasteiger charge is 2.14. The maximum Gasteiger partial charge on any atom is 0.0540 e. The number of rotatable bonds is 5. The van der Waals surface area contributed by atoms with Crippen molar-refractivity contribution in [1.29, 1.82) is 0 Å². The van der Waals surface area contributed by atoms with Crippen molar-refractivity contribution in [3.63, 3.8) is 0 Å². The predicted molar refractivity (Wildman–Crippen MR) is 139 cm³/mol. The second kappa shape index (κ2) is 8.95. The van der Waals surface area contributed by atoms with Gasteiger partial charge in [0.05, 0.1) is 5.69 Å². The molecule has 0 spiro atoms. The molecule has 5 aromatic carbocycles. The van der Waals surface area contributed by atoms with Gasteiger partial charge in [-0.05, 0) is 53.8 Å². The Balaban J connectivity index is 1.56. The molecule has 0 fully saturated rings. The molecule has 0 aromatic heterocycles. The lowest BCUT2D eigenvalue weighted by Gasteiger charge is -2.27. The third-order valence-electron chi connectivity index (χ3n) is 5.72. The van der Waals surface area contributed by atoms with Crippen molar-refractivity contribution in [2.75, 3.05) is 4.90 Å². The van der Waals surface area contributed by atoms with Gasteiger partial charge >= 0.3 is 0 Å². The lowest BCUT2D eigenvalue weighted by molar-refractivity contribution is 1.29. The predicted octanol–water partition coefficient (Wildman–Crippen LogP) is 8.79. The summed E-state index contributed by atoms with van der Waals surface area (Å²) in [4.78, 5) is 2.34.